The van der Waals surface area contributed by atoms with Crippen molar-refractivity contribution < 1.29 is 24.6 Å². The van der Waals surface area contributed by atoms with E-state index in [9.17, 15) is 14.4 Å². The maximum atomic E-state index is 12.2. The lowest BCUT2D eigenvalue weighted by Gasteiger charge is -2.29. The van der Waals surface area contributed by atoms with E-state index < -0.39 is 24.0 Å². The molecule has 7 nitrogen and oxygen atoms in total. The molecule has 0 saturated carbocycles. The molecule has 114 valence electrons. The Balaban J connectivity index is 2.65. The third-order valence-corrected chi connectivity index (χ3v) is 3.73. The molecule has 0 spiro atoms. The van der Waals surface area contributed by atoms with Crippen molar-refractivity contribution in [1.29, 1.82) is 0 Å². The first-order valence-corrected chi connectivity index (χ1v) is 6.90. The lowest BCUT2D eigenvalue weighted by Crippen LogP contribution is -2.51. The fourth-order valence-corrected chi connectivity index (χ4v) is 2.59. The van der Waals surface area contributed by atoms with E-state index in [0.717, 1.165) is 19.3 Å². The number of carbonyl (C=O) groups excluding carboxylic acids is 1. The molecule has 20 heavy (non-hydrogen) atoms. The fraction of sp³-hybridized carbons (Fsp3) is 0.769. The van der Waals surface area contributed by atoms with E-state index in [0.29, 0.717) is 0 Å². The summed E-state index contributed by atoms with van der Waals surface area (Å²) in [4.78, 5) is 35.4. The van der Waals surface area contributed by atoms with Gasteiger partial charge in [0.05, 0.1) is 0 Å². The van der Waals surface area contributed by atoms with Gasteiger partial charge in [0.15, 0.2) is 0 Å². The van der Waals surface area contributed by atoms with Crippen LogP contribution in [-0.2, 0) is 9.59 Å². The Morgan fingerprint density at radius 1 is 1.30 bits per heavy atom. The van der Waals surface area contributed by atoms with Crippen molar-refractivity contribution in [1.82, 2.24) is 10.2 Å². The van der Waals surface area contributed by atoms with Crippen LogP contribution < -0.4 is 5.32 Å². The third kappa shape index (κ3) is 4.11. The van der Waals surface area contributed by atoms with Crippen molar-refractivity contribution in [3.05, 3.63) is 0 Å². The Hall–Kier alpha value is -1.79. The monoisotopic (exact) mass is 286 g/mol. The highest BCUT2D eigenvalue weighted by molar-refractivity contribution is 5.83. The summed E-state index contributed by atoms with van der Waals surface area (Å²) in [6, 6.07) is -1.38. The number of carbonyl (C=O) groups is 3. The summed E-state index contributed by atoms with van der Waals surface area (Å²) in [6.45, 7) is 3.92. The summed E-state index contributed by atoms with van der Waals surface area (Å²) in [5.41, 5.74) is 0. The van der Waals surface area contributed by atoms with Crippen LogP contribution >= 0.6 is 0 Å². The summed E-state index contributed by atoms with van der Waals surface area (Å²) < 4.78 is 0. The van der Waals surface area contributed by atoms with E-state index in [2.05, 4.69) is 5.32 Å². The number of rotatable bonds is 6. The second-order valence-corrected chi connectivity index (χ2v) is 5.17. The van der Waals surface area contributed by atoms with E-state index in [-0.39, 0.29) is 24.9 Å². The molecule has 2 unspecified atom stereocenters. The average Bonchev–Trinajstić information content (AvgIpc) is 2.74. The summed E-state index contributed by atoms with van der Waals surface area (Å²) in [5.74, 6) is -2.29. The minimum atomic E-state index is -1.21. The van der Waals surface area contributed by atoms with Crippen LogP contribution in [0.3, 0.4) is 0 Å². The molecule has 1 aliphatic rings. The van der Waals surface area contributed by atoms with Gasteiger partial charge < -0.3 is 20.4 Å². The van der Waals surface area contributed by atoms with Crippen molar-refractivity contribution in [2.45, 2.75) is 64.1 Å². The molecule has 0 aromatic carbocycles. The van der Waals surface area contributed by atoms with E-state index >= 15 is 0 Å². The maximum Gasteiger partial charge on any atom is 0.326 e. The number of amides is 2. The second-order valence-electron chi connectivity index (χ2n) is 5.17. The molecule has 1 fully saturated rings. The standard InChI is InChI=1S/C13H22N2O5/c1-3-9-5-4-8(2)15(9)13(20)14-10(12(18)19)6-7-11(16)17/h8-10H,3-7H2,1-2H3,(H,14,20)(H,16,17)(H,18,19)/t8?,9?,10-/m0/s1. The average molecular weight is 286 g/mol. The molecule has 0 aromatic heterocycles. The molecule has 3 atom stereocenters. The molecule has 7 heteroatoms. The normalized spacial score (nSPS) is 23.4. The van der Waals surface area contributed by atoms with E-state index in [1.807, 2.05) is 13.8 Å². The van der Waals surface area contributed by atoms with Gasteiger partial charge in [-0.2, -0.15) is 0 Å². The minimum Gasteiger partial charge on any atom is -0.481 e. The van der Waals surface area contributed by atoms with E-state index in [1.54, 1.807) is 4.90 Å². The Kier molecular flexibility index (Phi) is 5.79. The predicted molar refractivity (Wildman–Crippen MR) is 71.4 cm³/mol. The minimum absolute atomic E-state index is 0.0777. The van der Waals surface area contributed by atoms with Crippen LogP contribution in [-0.4, -0.2) is 51.2 Å². The van der Waals surface area contributed by atoms with Gasteiger partial charge in [0.1, 0.15) is 6.04 Å². The molecule has 1 saturated heterocycles. The number of hydrogen-bond acceptors (Lipinski definition) is 3. The summed E-state index contributed by atoms with van der Waals surface area (Å²) >= 11 is 0. The topological polar surface area (TPSA) is 107 Å². The van der Waals surface area contributed by atoms with Crippen molar-refractivity contribution in [3.8, 4) is 0 Å². The van der Waals surface area contributed by atoms with Gasteiger partial charge in [-0.05, 0) is 32.6 Å². The first kappa shape index (κ1) is 16.3. The number of carboxylic acids is 2. The first-order chi connectivity index (χ1) is 9.36. The quantitative estimate of drug-likeness (QED) is 0.681. The number of hydrogen-bond donors (Lipinski definition) is 3. The van der Waals surface area contributed by atoms with Gasteiger partial charge in [-0.3, -0.25) is 4.79 Å². The number of carboxylic acid groups (broad SMARTS) is 2. The summed E-state index contributed by atoms with van der Waals surface area (Å²) in [6.07, 6.45) is 2.24. The van der Waals surface area contributed by atoms with Gasteiger partial charge in [-0.1, -0.05) is 6.92 Å². The van der Waals surface area contributed by atoms with Gasteiger partial charge in [0, 0.05) is 18.5 Å². The van der Waals surface area contributed by atoms with Gasteiger partial charge >= 0.3 is 18.0 Å². The molecular formula is C13H22N2O5. The predicted octanol–water partition coefficient (Wildman–Crippen LogP) is 1.28. The highest BCUT2D eigenvalue weighted by Crippen LogP contribution is 2.25. The lowest BCUT2D eigenvalue weighted by atomic mass is 10.1. The van der Waals surface area contributed by atoms with Gasteiger partial charge in [0.25, 0.3) is 0 Å². The highest BCUT2D eigenvalue weighted by Gasteiger charge is 2.34. The van der Waals surface area contributed by atoms with Crippen LogP contribution in [0.4, 0.5) is 4.79 Å². The van der Waals surface area contributed by atoms with E-state index in [1.165, 1.54) is 0 Å². The van der Waals surface area contributed by atoms with Crippen LogP contribution in [0.2, 0.25) is 0 Å². The molecule has 1 aliphatic heterocycles. The van der Waals surface area contributed by atoms with Crippen molar-refractivity contribution in [3.63, 3.8) is 0 Å². The molecule has 1 rings (SSSR count). The summed E-state index contributed by atoms with van der Waals surface area (Å²) in [7, 11) is 0. The van der Waals surface area contributed by atoms with Crippen LogP contribution in [0.1, 0.15) is 46.0 Å². The molecule has 0 radical (unpaired) electrons. The molecular weight excluding hydrogens is 264 g/mol. The number of nitrogens with one attached hydrogen (secondary N) is 1. The zero-order valence-corrected chi connectivity index (χ0v) is 11.8. The molecule has 0 bridgehead atoms. The fourth-order valence-electron chi connectivity index (χ4n) is 2.59. The Labute approximate surface area is 117 Å². The molecule has 0 aromatic rings. The Morgan fingerprint density at radius 3 is 2.45 bits per heavy atom. The van der Waals surface area contributed by atoms with Crippen LogP contribution in [0.5, 0.6) is 0 Å². The second kappa shape index (κ2) is 7.12. The van der Waals surface area contributed by atoms with Crippen LogP contribution in [0.15, 0.2) is 0 Å². The van der Waals surface area contributed by atoms with E-state index in [4.69, 9.17) is 10.2 Å². The highest BCUT2D eigenvalue weighted by atomic mass is 16.4. The summed E-state index contributed by atoms with van der Waals surface area (Å²) in [5, 5.41) is 20.1. The maximum absolute atomic E-state index is 12.2. The molecule has 1 heterocycles. The van der Waals surface area contributed by atoms with Crippen molar-refractivity contribution in [2.75, 3.05) is 0 Å². The molecule has 3 N–H and O–H groups in total. The smallest absolute Gasteiger partial charge is 0.326 e. The van der Waals surface area contributed by atoms with Crippen molar-refractivity contribution in [2.24, 2.45) is 0 Å². The third-order valence-electron chi connectivity index (χ3n) is 3.73. The molecule has 0 aliphatic carbocycles. The number of nitrogens with zero attached hydrogens (tertiary/aromatic N) is 1. The Morgan fingerprint density at radius 2 is 1.95 bits per heavy atom. The zero-order valence-electron chi connectivity index (χ0n) is 11.8. The SMILES string of the molecule is CCC1CCC(C)N1C(=O)N[C@@H](CCC(=O)O)C(=O)O. The zero-order chi connectivity index (χ0) is 15.3. The number of urea groups is 1. The first-order valence-electron chi connectivity index (χ1n) is 6.90. The molecule has 2 amide bonds. The van der Waals surface area contributed by atoms with Crippen LogP contribution in [0, 0.1) is 0 Å². The van der Waals surface area contributed by atoms with Gasteiger partial charge in [-0.25, -0.2) is 9.59 Å². The van der Waals surface area contributed by atoms with Gasteiger partial charge in [0.2, 0.25) is 0 Å². The van der Waals surface area contributed by atoms with Crippen LogP contribution in [0.25, 0.3) is 0 Å². The Bertz CT molecular complexity index is 385. The number of likely N-dealkylation sites (tertiary alicyclic amines) is 1. The van der Waals surface area contributed by atoms with Gasteiger partial charge in [-0.15, -0.1) is 0 Å². The largest absolute Gasteiger partial charge is 0.481 e. The van der Waals surface area contributed by atoms with Crippen molar-refractivity contribution >= 4 is 18.0 Å². The number of aliphatic carboxylic acids is 2. The lowest BCUT2D eigenvalue weighted by molar-refractivity contribution is -0.140.